The van der Waals surface area contributed by atoms with Crippen molar-refractivity contribution in [2.24, 2.45) is 0 Å². The molecule has 1 aliphatic rings. The number of rotatable bonds is 4. The molecular weight excluding hydrogens is 332 g/mol. The Kier molecular flexibility index (Phi) is 6.61. The van der Waals surface area contributed by atoms with Crippen LogP contribution in [-0.2, 0) is 14.3 Å². The van der Waals surface area contributed by atoms with Crippen LogP contribution in [0.3, 0.4) is 0 Å². The van der Waals surface area contributed by atoms with Crippen molar-refractivity contribution in [2.75, 3.05) is 25.5 Å². The SMILES string of the molecule is COC(=O)c1ccc(Cl)c(NC(=O)CC(=O)N2CCCCCC2)c1. The molecule has 1 N–H and O–H groups in total. The number of hydrogen-bond acceptors (Lipinski definition) is 4. The summed E-state index contributed by atoms with van der Waals surface area (Å²) in [6.07, 6.45) is 3.94. The van der Waals surface area contributed by atoms with E-state index >= 15 is 0 Å². The van der Waals surface area contributed by atoms with Crippen LogP contribution in [0.5, 0.6) is 0 Å². The molecule has 0 atom stereocenters. The van der Waals surface area contributed by atoms with Crippen LogP contribution in [0, 0.1) is 0 Å². The lowest BCUT2D eigenvalue weighted by molar-refractivity contribution is -0.134. The van der Waals surface area contributed by atoms with E-state index in [9.17, 15) is 14.4 Å². The maximum Gasteiger partial charge on any atom is 0.337 e. The van der Waals surface area contributed by atoms with Crippen molar-refractivity contribution in [3.63, 3.8) is 0 Å². The predicted molar refractivity (Wildman–Crippen MR) is 91.1 cm³/mol. The number of methoxy groups -OCH3 is 1. The van der Waals surface area contributed by atoms with Gasteiger partial charge >= 0.3 is 5.97 Å². The number of carbonyl (C=O) groups is 3. The van der Waals surface area contributed by atoms with E-state index in [1.807, 2.05) is 0 Å². The third-order valence-corrected chi connectivity index (χ3v) is 4.26. The van der Waals surface area contributed by atoms with Gasteiger partial charge in [0.15, 0.2) is 0 Å². The number of esters is 1. The summed E-state index contributed by atoms with van der Waals surface area (Å²) in [4.78, 5) is 37.6. The second-order valence-corrected chi connectivity index (χ2v) is 6.11. The van der Waals surface area contributed by atoms with Gasteiger partial charge in [-0.05, 0) is 31.0 Å². The van der Waals surface area contributed by atoms with Crippen LogP contribution >= 0.6 is 11.6 Å². The number of nitrogens with zero attached hydrogens (tertiary/aromatic N) is 1. The summed E-state index contributed by atoms with van der Waals surface area (Å²) in [5, 5.41) is 2.88. The number of anilines is 1. The lowest BCUT2D eigenvalue weighted by Crippen LogP contribution is -2.34. The molecule has 1 aromatic carbocycles. The van der Waals surface area contributed by atoms with E-state index in [-0.39, 0.29) is 23.6 Å². The van der Waals surface area contributed by atoms with Gasteiger partial charge in [0, 0.05) is 13.1 Å². The van der Waals surface area contributed by atoms with Crippen LogP contribution in [0.15, 0.2) is 18.2 Å². The summed E-state index contributed by atoms with van der Waals surface area (Å²) < 4.78 is 4.64. The highest BCUT2D eigenvalue weighted by Gasteiger charge is 2.19. The van der Waals surface area contributed by atoms with E-state index in [1.165, 1.54) is 25.3 Å². The van der Waals surface area contributed by atoms with Gasteiger partial charge in [-0.15, -0.1) is 0 Å². The zero-order valence-corrected chi connectivity index (χ0v) is 14.4. The monoisotopic (exact) mass is 352 g/mol. The normalized spacial score (nSPS) is 14.7. The van der Waals surface area contributed by atoms with Crippen molar-refractivity contribution >= 4 is 35.1 Å². The van der Waals surface area contributed by atoms with Crippen molar-refractivity contribution in [1.82, 2.24) is 4.90 Å². The van der Waals surface area contributed by atoms with E-state index in [0.717, 1.165) is 25.7 Å². The summed E-state index contributed by atoms with van der Waals surface area (Å²) in [7, 11) is 1.27. The standard InChI is InChI=1S/C17H21ClN2O4/c1-24-17(23)12-6-7-13(18)14(10-12)19-15(21)11-16(22)20-8-4-2-3-5-9-20/h6-7,10H,2-5,8-9,11H2,1H3,(H,19,21). The van der Waals surface area contributed by atoms with Gasteiger partial charge in [0.25, 0.3) is 0 Å². The Bertz CT molecular complexity index is 625. The number of hydrogen-bond donors (Lipinski definition) is 1. The molecule has 0 unspecified atom stereocenters. The molecule has 0 saturated carbocycles. The van der Waals surface area contributed by atoms with Crippen molar-refractivity contribution in [3.8, 4) is 0 Å². The number of carbonyl (C=O) groups excluding carboxylic acids is 3. The molecule has 6 nitrogen and oxygen atoms in total. The van der Waals surface area contributed by atoms with Gasteiger partial charge in [-0.1, -0.05) is 24.4 Å². The largest absolute Gasteiger partial charge is 0.465 e. The zero-order chi connectivity index (χ0) is 17.5. The van der Waals surface area contributed by atoms with Crippen molar-refractivity contribution in [1.29, 1.82) is 0 Å². The predicted octanol–water partition coefficient (Wildman–Crippen LogP) is 2.86. The number of ether oxygens (including phenoxy) is 1. The molecule has 2 rings (SSSR count). The average molecular weight is 353 g/mol. The second-order valence-electron chi connectivity index (χ2n) is 5.71. The van der Waals surface area contributed by atoms with Gasteiger partial charge in [-0.3, -0.25) is 9.59 Å². The maximum absolute atomic E-state index is 12.2. The van der Waals surface area contributed by atoms with Gasteiger partial charge in [0.1, 0.15) is 6.42 Å². The maximum atomic E-state index is 12.2. The van der Waals surface area contributed by atoms with Crippen LogP contribution in [0.2, 0.25) is 5.02 Å². The fraction of sp³-hybridized carbons (Fsp3) is 0.471. The fourth-order valence-electron chi connectivity index (χ4n) is 2.63. The molecule has 0 aliphatic carbocycles. The Hall–Kier alpha value is -2.08. The Balaban J connectivity index is 1.98. The molecule has 1 aliphatic heterocycles. The Morgan fingerprint density at radius 3 is 2.46 bits per heavy atom. The first-order valence-electron chi connectivity index (χ1n) is 7.96. The van der Waals surface area contributed by atoms with Crippen molar-refractivity contribution < 1.29 is 19.1 Å². The first-order chi connectivity index (χ1) is 11.5. The number of benzene rings is 1. The van der Waals surface area contributed by atoms with Gasteiger partial charge < -0.3 is 15.0 Å². The molecule has 130 valence electrons. The molecule has 1 saturated heterocycles. The van der Waals surface area contributed by atoms with Gasteiger partial charge in [-0.2, -0.15) is 0 Å². The van der Waals surface area contributed by atoms with Crippen LogP contribution in [0.1, 0.15) is 42.5 Å². The minimum Gasteiger partial charge on any atom is -0.465 e. The van der Waals surface area contributed by atoms with E-state index in [2.05, 4.69) is 10.1 Å². The highest BCUT2D eigenvalue weighted by Crippen LogP contribution is 2.23. The summed E-state index contributed by atoms with van der Waals surface area (Å²) in [5.74, 6) is -1.16. The lowest BCUT2D eigenvalue weighted by atomic mass is 10.2. The molecule has 24 heavy (non-hydrogen) atoms. The van der Waals surface area contributed by atoms with Crippen LogP contribution < -0.4 is 5.32 Å². The van der Waals surface area contributed by atoms with E-state index in [0.29, 0.717) is 18.1 Å². The summed E-state index contributed by atoms with van der Waals surface area (Å²) in [5.41, 5.74) is 0.560. The number of likely N-dealkylation sites (tertiary alicyclic amines) is 1. The molecule has 0 spiro atoms. The molecule has 2 amide bonds. The van der Waals surface area contributed by atoms with Crippen LogP contribution in [-0.4, -0.2) is 42.9 Å². The fourth-order valence-corrected chi connectivity index (χ4v) is 2.79. The van der Waals surface area contributed by atoms with Crippen LogP contribution in [0.4, 0.5) is 5.69 Å². The molecule has 0 aromatic heterocycles. The highest BCUT2D eigenvalue weighted by atomic mass is 35.5. The van der Waals surface area contributed by atoms with Crippen molar-refractivity contribution in [3.05, 3.63) is 28.8 Å². The number of nitrogens with one attached hydrogen (secondary N) is 1. The van der Waals surface area contributed by atoms with E-state index in [4.69, 9.17) is 11.6 Å². The van der Waals surface area contributed by atoms with E-state index < -0.39 is 11.9 Å². The minimum absolute atomic E-state index is 0.186. The van der Waals surface area contributed by atoms with E-state index in [1.54, 1.807) is 4.90 Å². The molecule has 0 radical (unpaired) electrons. The Morgan fingerprint density at radius 2 is 1.83 bits per heavy atom. The summed E-state index contributed by atoms with van der Waals surface area (Å²) >= 11 is 6.03. The number of amides is 2. The molecule has 1 heterocycles. The summed E-state index contributed by atoms with van der Waals surface area (Å²) in [6.45, 7) is 1.40. The molecule has 1 aromatic rings. The second kappa shape index (κ2) is 8.68. The molecule has 0 bridgehead atoms. The Labute approximate surface area is 146 Å². The third kappa shape index (κ3) is 4.96. The average Bonchev–Trinajstić information content (AvgIpc) is 2.85. The number of halogens is 1. The quantitative estimate of drug-likeness (QED) is 0.667. The highest BCUT2D eigenvalue weighted by molar-refractivity contribution is 6.34. The minimum atomic E-state index is -0.525. The first kappa shape index (κ1) is 18.3. The topological polar surface area (TPSA) is 75.7 Å². The Morgan fingerprint density at radius 1 is 1.17 bits per heavy atom. The van der Waals surface area contributed by atoms with Gasteiger partial charge in [0.2, 0.25) is 11.8 Å². The first-order valence-corrected chi connectivity index (χ1v) is 8.34. The smallest absolute Gasteiger partial charge is 0.337 e. The van der Waals surface area contributed by atoms with Gasteiger partial charge in [0.05, 0.1) is 23.4 Å². The van der Waals surface area contributed by atoms with Crippen molar-refractivity contribution in [2.45, 2.75) is 32.1 Å². The molecular formula is C17H21ClN2O4. The lowest BCUT2D eigenvalue weighted by Gasteiger charge is -2.20. The zero-order valence-electron chi connectivity index (χ0n) is 13.6. The van der Waals surface area contributed by atoms with Crippen LogP contribution in [0.25, 0.3) is 0 Å². The third-order valence-electron chi connectivity index (χ3n) is 3.93. The summed E-state index contributed by atoms with van der Waals surface area (Å²) in [6, 6.07) is 4.44. The van der Waals surface area contributed by atoms with Gasteiger partial charge in [-0.25, -0.2) is 4.79 Å². The molecule has 7 heteroatoms. The molecule has 1 fully saturated rings.